The summed E-state index contributed by atoms with van der Waals surface area (Å²) < 4.78 is 0. The Hall–Kier alpha value is -2.65. The van der Waals surface area contributed by atoms with E-state index in [2.05, 4.69) is 10.2 Å². The molecule has 10 heteroatoms. The molecule has 0 spiro atoms. The zero-order valence-corrected chi connectivity index (χ0v) is 16.2. The molecule has 5 N–H and O–H groups in total. The second-order valence-electron chi connectivity index (χ2n) is 6.34. The Bertz CT molecular complexity index is 720. The summed E-state index contributed by atoms with van der Waals surface area (Å²) in [5, 5.41) is 18.3. The summed E-state index contributed by atoms with van der Waals surface area (Å²) in [4.78, 5) is 43.6. The van der Waals surface area contributed by atoms with Crippen molar-refractivity contribution in [1.29, 1.82) is 0 Å². The zero-order valence-electron chi connectivity index (χ0n) is 15.5. The van der Waals surface area contributed by atoms with Crippen LogP contribution in [0.25, 0.3) is 0 Å². The number of amides is 2. The fourth-order valence-corrected chi connectivity index (χ4v) is 2.83. The van der Waals surface area contributed by atoms with Crippen LogP contribution in [0.2, 0.25) is 5.02 Å². The minimum absolute atomic E-state index is 0.0146. The monoisotopic (exact) mass is 413 g/mol. The van der Waals surface area contributed by atoms with Gasteiger partial charge in [-0.15, -0.1) is 0 Å². The van der Waals surface area contributed by atoms with E-state index < -0.39 is 11.9 Å². The molecule has 9 nitrogen and oxygen atoms in total. The maximum Gasteiger partial charge on any atom is 0.414 e. The lowest BCUT2D eigenvalue weighted by atomic mass is 9.96. The van der Waals surface area contributed by atoms with Crippen molar-refractivity contribution in [3.63, 3.8) is 0 Å². The number of rotatable bonds is 5. The second kappa shape index (κ2) is 11.3. The third-order valence-electron chi connectivity index (χ3n) is 4.37. The van der Waals surface area contributed by atoms with E-state index in [9.17, 15) is 9.59 Å². The van der Waals surface area contributed by atoms with Crippen molar-refractivity contribution < 1.29 is 29.4 Å². The van der Waals surface area contributed by atoms with Crippen LogP contribution in [-0.4, -0.2) is 58.5 Å². The number of carbonyl (C=O) groups is 4. The highest BCUT2D eigenvalue weighted by molar-refractivity contribution is 6.31. The molecule has 2 rings (SSSR count). The van der Waals surface area contributed by atoms with Gasteiger partial charge in [0.1, 0.15) is 0 Å². The van der Waals surface area contributed by atoms with Gasteiger partial charge >= 0.3 is 11.9 Å². The molecule has 1 heterocycles. The third kappa shape index (κ3) is 7.93. The lowest BCUT2D eigenvalue weighted by Crippen LogP contribution is -2.39. The Balaban J connectivity index is 0.000000568. The van der Waals surface area contributed by atoms with Gasteiger partial charge in [0.15, 0.2) is 0 Å². The number of carboxylic acids is 2. The molecule has 0 saturated carbocycles. The van der Waals surface area contributed by atoms with E-state index in [4.69, 9.17) is 37.1 Å². The molecule has 154 valence electrons. The van der Waals surface area contributed by atoms with Gasteiger partial charge in [0, 0.05) is 29.6 Å². The van der Waals surface area contributed by atoms with Gasteiger partial charge in [0.05, 0.1) is 0 Å². The predicted octanol–water partition coefficient (Wildman–Crippen LogP) is 1.33. The largest absolute Gasteiger partial charge is 0.473 e. The van der Waals surface area contributed by atoms with E-state index in [1.54, 1.807) is 6.07 Å². The first-order valence-electron chi connectivity index (χ1n) is 8.64. The second-order valence-corrected chi connectivity index (χ2v) is 6.75. The number of carbonyl (C=O) groups excluding carboxylic acids is 2. The average Bonchev–Trinajstić information content (AvgIpc) is 2.64. The SMILES string of the molecule is Cc1c(Cl)cccc1NC(=O)CCN1CCC(C(N)=O)CC1.O=C(O)C(=O)O. The molecule has 0 radical (unpaired) electrons. The molecule has 28 heavy (non-hydrogen) atoms. The number of nitrogens with two attached hydrogens (primary N) is 1. The van der Waals surface area contributed by atoms with Crippen LogP contribution in [0, 0.1) is 12.8 Å². The first kappa shape index (κ1) is 23.4. The maximum absolute atomic E-state index is 12.0. The van der Waals surface area contributed by atoms with Gasteiger partial charge < -0.3 is 26.2 Å². The summed E-state index contributed by atoms with van der Waals surface area (Å²) in [6.07, 6.45) is 1.99. The number of anilines is 1. The molecule has 1 saturated heterocycles. The number of halogens is 1. The Morgan fingerprint density at radius 3 is 2.25 bits per heavy atom. The molecule has 1 aromatic carbocycles. The van der Waals surface area contributed by atoms with Gasteiger partial charge in [-0.05, 0) is 50.6 Å². The highest BCUT2D eigenvalue weighted by atomic mass is 35.5. The minimum atomic E-state index is -1.82. The standard InChI is InChI=1S/C16H22ClN3O2.C2H2O4/c1-11-13(17)3-2-4-14(11)19-15(21)7-10-20-8-5-12(6-9-20)16(18)22;3-1(4)2(5)6/h2-4,12H,5-10H2,1H3,(H2,18,22)(H,19,21);(H,3,4)(H,5,6). The number of likely N-dealkylation sites (tertiary alicyclic amines) is 1. The highest BCUT2D eigenvalue weighted by Gasteiger charge is 2.23. The average molecular weight is 414 g/mol. The molecular weight excluding hydrogens is 390 g/mol. The molecule has 0 unspecified atom stereocenters. The Kier molecular flexibility index (Phi) is 9.40. The van der Waals surface area contributed by atoms with Gasteiger partial charge in [0.25, 0.3) is 0 Å². The molecule has 0 aromatic heterocycles. The zero-order chi connectivity index (χ0) is 21.3. The summed E-state index contributed by atoms with van der Waals surface area (Å²) in [6, 6.07) is 5.46. The molecule has 2 amide bonds. The van der Waals surface area contributed by atoms with Crippen molar-refractivity contribution in [2.75, 3.05) is 25.0 Å². The lowest BCUT2D eigenvalue weighted by Gasteiger charge is -2.30. The van der Waals surface area contributed by atoms with Crippen molar-refractivity contribution in [3.8, 4) is 0 Å². The van der Waals surface area contributed by atoms with E-state index in [0.717, 1.165) is 37.2 Å². The number of hydrogen-bond acceptors (Lipinski definition) is 5. The molecule has 0 atom stereocenters. The van der Waals surface area contributed by atoms with Crippen LogP contribution in [0.15, 0.2) is 18.2 Å². The quantitative estimate of drug-likeness (QED) is 0.531. The normalized spacial score (nSPS) is 14.5. The van der Waals surface area contributed by atoms with E-state index in [1.165, 1.54) is 0 Å². The number of piperidine rings is 1. The maximum atomic E-state index is 12.0. The molecule has 0 bridgehead atoms. The minimum Gasteiger partial charge on any atom is -0.473 e. The Labute approximate surface area is 167 Å². The number of benzene rings is 1. The summed E-state index contributed by atoms with van der Waals surface area (Å²) in [5.41, 5.74) is 6.94. The van der Waals surface area contributed by atoms with Gasteiger partial charge in [-0.2, -0.15) is 0 Å². The van der Waals surface area contributed by atoms with Gasteiger partial charge in [-0.3, -0.25) is 9.59 Å². The van der Waals surface area contributed by atoms with Crippen molar-refractivity contribution in [2.24, 2.45) is 11.7 Å². The van der Waals surface area contributed by atoms with Crippen molar-refractivity contribution >= 4 is 41.0 Å². The van der Waals surface area contributed by atoms with E-state index in [1.807, 2.05) is 19.1 Å². The van der Waals surface area contributed by atoms with Gasteiger partial charge in [0.2, 0.25) is 11.8 Å². The fourth-order valence-electron chi connectivity index (χ4n) is 2.66. The van der Waals surface area contributed by atoms with Crippen LogP contribution in [0.3, 0.4) is 0 Å². The van der Waals surface area contributed by atoms with E-state index >= 15 is 0 Å². The first-order chi connectivity index (χ1) is 13.1. The molecule has 1 aliphatic rings. The molecule has 1 aliphatic heterocycles. The Morgan fingerprint density at radius 2 is 1.75 bits per heavy atom. The summed E-state index contributed by atoms with van der Waals surface area (Å²) in [5.74, 6) is -3.90. The number of carboxylic acid groups (broad SMARTS) is 2. The number of aliphatic carboxylic acids is 2. The van der Waals surface area contributed by atoms with Crippen LogP contribution in [0.4, 0.5) is 5.69 Å². The van der Waals surface area contributed by atoms with Crippen molar-refractivity contribution in [2.45, 2.75) is 26.2 Å². The van der Waals surface area contributed by atoms with E-state index in [0.29, 0.717) is 18.0 Å². The topological polar surface area (TPSA) is 150 Å². The molecule has 1 aromatic rings. The predicted molar refractivity (Wildman–Crippen MR) is 103 cm³/mol. The number of nitrogens with zero attached hydrogens (tertiary/aromatic N) is 1. The van der Waals surface area contributed by atoms with Gasteiger partial charge in [-0.1, -0.05) is 17.7 Å². The highest BCUT2D eigenvalue weighted by Crippen LogP contribution is 2.23. The summed E-state index contributed by atoms with van der Waals surface area (Å²) >= 11 is 6.04. The number of nitrogens with one attached hydrogen (secondary N) is 1. The van der Waals surface area contributed by atoms with Gasteiger partial charge in [-0.25, -0.2) is 9.59 Å². The lowest BCUT2D eigenvalue weighted by molar-refractivity contribution is -0.159. The van der Waals surface area contributed by atoms with Crippen LogP contribution in [-0.2, 0) is 19.2 Å². The van der Waals surface area contributed by atoms with Crippen molar-refractivity contribution in [1.82, 2.24) is 4.90 Å². The molecule has 1 fully saturated rings. The van der Waals surface area contributed by atoms with Crippen LogP contribution < -0.4 is 11.1 Å². The van der Waals surface area contributed by atoms with Crippen LogP contribution in [0.5, 0.6) is 0 Å². The fraction of sp³-hybridized carbons (Fsp3) is 0.444. The molecular formula is C18H24ClN3O6. The van der Waals surface area contributed by atoms with E-state index in [-0.39, 0.29) is 17.7 Å². The van der Waals surface area contributed by atoms with Crippen LogP contribution >= 0.6 is 11.6 Å². The third-order valence-corrected chi connectivity index (χ3v) is 4.78. The molecule has 0 aliphatic carbocycles. The number of hydrogen-bond donors (Lipinski definition) is 4. The van der Waals surface area contributed by atoms with Crippen LogP contribution in [0.1, 0.15) is 24.8 Å². The number of primary amides is 1. The summed E-state index contributed by atoms with van der Waals surface area (Å²) in [6.45, 7) is 4.21. The smallest absolute Gasteiger partial charge is 0.414 e. The first-order valence-corrected chi connectivity index (χ1v) is 9.02. The Morgan fingerprint density at radius 1 is 1.18 bits per heavy atom. The summed E-state index contributed by atoms with van der Waals surface area (Å²) in [7, 11) is 0. The van der Waals surface area contributed by atoms with Crippen molar-refractivity contribution in [3.05, 3.63) is 28.8 Å².